The first-order valence-corrected chi connectivity index (χ1v) is 3.66. The molecule has 2 heterocycles. The third-order valence-electron chi connectivity index (χ3n) is 1.59. The average molecular weight is 177 g/mol. The molecule has 0 fully saturated rings. The van der Waals surface area contributed by atoms with Crippen LogP contribution in [0, 0.1) is 0 Å². The molecule has 0 radical (unpaired) electrons. The van der Waals surface area contributed by atoms with E-state index >= 15 is 0 Å². The Balaban J connectivity index is 2.33. The van der Waals surface area contributed by atoms with Crippen molar-refractivity contribution in [3.05, 3.63) is 30.3 Å². The van der Waals surface area contributed by atoms with E-state index in [1.807, 2.05) is 0 Å². The lowest BCUT2D eigenvalue weighted by Crippen LogP contribution is -2.23. The van der Waals surface area contributed by atoms with Crippen molar-refractivity contribution in [1.82, 2.24) is 4.98 Å². The van der Waals surface area contributed by atoms with Gasteiger partial charge in [0.2, 0.25) is 0 Å². The third kappa shape index (κ3) is 1.31. The van der Waals surface area contributed by atoms with Crippen molar-refractivity contribution >= 4 is 11.7 Å². The van der Waals surface area contributed by atoms with E-state index in [1.165, 1.54) is 6.26 Å². The molecule has 1 aromatic rings. The molecular formula is C8H7N3O2. The first-order valence-electron chi connectivity index (χ1n) is 3.66. The zero-order valence-corrected chi connectivity index (χ0v) is 6.65. The summed E-state index contributed by atoms with van der Waals surface area (Å²) in [6.07, 6.45) is 2.87. The number of nitrogens with one attached hydrogen (secondary N) is 1. The molecular weight excluding hydrogens is 170 g/mol. The molecule has 0 aliphatic carbocycles. The van der Waals surface area contributed by atoms with Crippen LogP contribution in [-0.4, -0.2) is 10.9 Å². The van der Waals surface area contributed by atoms with Crippen molar-refractivity contribution in [3.8, 4) is 5.75 Å². The van der Waals surface area contributed by atoms with Crippen LogP contribution in [0.1, 0.15) is 0 Å². The second kappa shape index (κ2) is 2.78. The zero-order chi connectivity index (χ0) is 9.26. The number of ether oxygens (including phenoxy) is 1. The number of primary amides is 1. The molecule has 13 heavy (non-hydrogen) atoms. The Kier molecular flexibility index (Phi) is 1.63. The molecule has 1 aliphatic heterocycles. The molecule has 0 aromatic carbocycles. The summed E-state index contributed by atoms with van der Waals surface area (Å²) in [5, 5.41) is 2.75. The molecule has 0 bridgehead atoms. The van der Waals surface area contributed by atoms with Gasteiger partial charge in [-0.3, -0.25) is 4.79 Å². The predicted molar refractivity (Wildman–Crippen MR) is 45.8 cm³/mol. The lowest BCUT2D eigenvalue weighted by atomic mass is 10.3. The molecule has 1 aromatic heterocycles. The molecule has 1 amide bonds. The normalized spacial score (nSPS) is 13.4. The molecule has 2 rings (SSSR count). The van der Waals surface area contributed by atoms with Crippen LogP contribution in [0.4, 0.5) is 5.82 Å². The number of pyridine rings is 1. The number of rotatable bonds is 1. The monoisotopic (exact) mass is 177 g/mol. The van der Waals surface area contributed by atoms with Crippen molar-refractivity contribution in [2.24, 2.45) is 5.73 Å². The fourth-order valence-electron chi connectivity index (χ4n) is 0.979. The number of fused-ring (bicyclic) bond motifs is 1. The third-order valence-corrected chi connectivity index (χ3v) is 1.59. The summed E-state index contributed by atoms with van der Waals surface area (Å²) in [7, 11) is 0. The molecule has 5 nitrogen and oxygen atoms in total. The van der Waals surface area contributed by atoms with Crippen molar-refractivity contribution in [1.29, 1.82) is 0 Å². The van der Waals surface area contributed by atoms with Crippen LogP contribution in [0.2, 0.25) is 0 Å². The maximum Gasteiger partial charge on any atom is 0.268 e. The molecule has 0 saturated heterocycles. The second-order valence-electron chi connectivity index (χ2n) is 2.49. The van der Waals surface area contributed by atoms with Crippen molar-refractivity contribution < 1.29 is 9.53 Å². The number of hydrogen-bond acceptors (Lipinski definition) is 4. The molecule has 0 atom stereocenters. The van der Waals surface area contributed by atoms with Crippen LogP contribution in [0.3, 0.4) is 0 Å². The molecule has 0 spiro atoms. The van der Waals surface area contributed by atoms with Crippen LogP contribution < -0.4 is 15.8 Å². The Morgan fingerprint density at radius 3 is 3.23 bits per heavy atom. The molecule has 3 N–H and O–H groups in total. The molecule has 0 unspecified atom stereocenters. The van der Waals surface area contributed by atoms with Gasteiger partial charge in [-0.25, -0.2) is 4.98 Å². The van der Waals surface area contributed by atoms with Gasteiger partial charge in [0, 0.05) is 6.20 Å². The Morgan fingerprint density at radius 2 is 2.46 bits per heavy atom. The minimum Gasteiger partial charge on any atom is -0.459 e. The first-order chi connectivity index (χ1) is 6.27. The highest BCUT2D eigenvalue weighted by molar-refractivity contribution is 5.95. The number of nitrogens with zero attached hydrogens (tertiary/aromatic N) is 1. The van der Waals surface area contributed by atoms with E-state index in [9.17, 15) is 4.79 Å². The van der Waals surface area contributed by atoms with E-state index in [0.29, 0.717) is 11.6 Å². The first kappa shape index (κ1) is 7.60. The van der Waals surface area contributed by atoms with E-state index in [0.717, 1.165) is 0 Å². The molecule has 0 saturated carbocycles. The van der Waals surface area contributed by atoms with Gasteiger partial charge in [-0.15, -0.1) is 0 Å². The summed E-state index contributed by atoms with van der Waals surface area (Å²) in [5.41, 5.74) is 5.25. The summed E-state index contributed by atoms with van der Waals surface area (Å²) in [5.74, 6) is 0.502. The minimum absolute atomic E-state index is 0.200. The summed E-state index contributed by atoms with van der Waals surface area (Å²) in [4.78, 5) is 14.7. The van der Waals surface area contributed by atoms with E-state index in [4.69, 9.17) is 10.5 Å². The number of carbonyl (C=O) groups is 1. The fourth-order valence-corrected chi connectivity index (χ4v) is 0.979. The number of hydrogen-bond donors (Lipinski definition) is 2. The van der Waals surface area contributed by atoms with Gasteiger partial charge in [0.1, 0.15) is 12.0 Å². The standard InChI is InChI=1S/C8H7N3O2/c9-7(12)5-4-13-6-2-1-3-10-8(6)11-5/h1-4H,(H2,9,12)(H,10,11). The number of nitrogens with two attached hydrogens (primary N) is 1. The lowest BCUT2D eigenvalue weighted by molar-refractivity contribution is -0.114. The molecule has 5 heteroatoms. The van der Waals surface area contributed by atoms with Crippen LogP contribution in [0.25, 0.3) is 0 Å². The Bertz CT molecular complexity index is 387. The van der Waals surface area contributed by atoms with Gasteiger partial charge in [-0.2, -0.15) is 0 Å². The minimum atomic E-state index is -0.573. The summed E-state index contributed by atoms with van der Waals surface area (Å²) < 4.78 is 5.11. The van der Waals surface area contributed by atoms with Gasteiger partial charge in [-0.1, -0.05) is 0 Å². The van der Waals surface area contributed by atoms with E-state index in [1.54, 1.807) is 18.3 Å². The fraction of sp³-hybridized carbons (Fsp3) is 0. The van der Waals surface area contributed by atoms with Crippen molar-refractivity contribution in [3.63, 3.8) is 0 Å². The highest BCUT2D eigenvalue weighted by Crippen LogP contribution is 2.25. The van der Waals surface area contributed by atoms with E-state index in [-0.39, 0.29) is 5.70 Å². The maximum absolute atomic E-state index is 10.7. The van der Waals surface area contributed by atoms with Gasteiger partial charge in [0.15, 0.2) is 11.6 Å². The van der Waals surface area contributed by atoms with Gasteiger partial charge in [0.25, 0.3) is 5.91 Å². The highest BCUT2D eigenvalue weighted by atomic mass is 16.5. The molecule has 1 aliphatic rings. The Hall–Kier alpha value is -2.04. The largest absolute Gasteiger partial charge is 0.459 e. The van der Waals surface area contributed by atoms with Crippen molar-refractivity contribution in [2.45, 2.75) is 0 Å². The van der Waals surface area contributed by atoms with Crippen LogP contribution in [0.5, 0.6) is 5.75 Å². The van der Waals surface area contributed by atoms with Crippen LogP contribution >= 0.6 is 0 Å². The van der Waals surface area contributed by atoms with Crippen molar-refractivity contribution in [2.75, 3.05) is 5.32 Å². The predicted octanol–water partition coefficient (Wildman–Crippen LogP) is 0.213. The second-order valence-corrected chi connectivity index (χ2v) is 2.49. The Morgan fingerprint density at radius 1 is 1.62 bits per heavy atom. The van der Waals surface area contributed by atoms with E-state index < -0.39 is 5.91 Å². The topological polar surface area (TPSA) is 77.2 Å². The highest BCUT2D eigenvalue weighted by Gasteiger charge is 2.15. The Labute approximate surface area is 74.2 Å². The van der Waals surface area contributed by atoms with Crippen LogP contribution in [-0.2, 0) is 4.79 Å². The smallest absolute Gasteiger partial charge is 0.268 e. The quantitative estimate of drug-likeness (QED) is 0.643. The number of aromatic nitrogens is 1. The summed E-state index contributed by atoms with van der Waals surface area (Å²) in [6.45, 7) is 0. The summed E-state index contributed by atoms with van der Waals surface area (Å²) >= 11 is 0. The van der Waals surface area contributed by atoms with Gasteiger partial charge in [-0.05, 0) is 12.1 Å². The maximum atomic E-state index is 10.7. The lowest BCUT2D eigenvalue weighted by Gasteiger charge is -2.15. The number of carbonyl (C=O) groups excluding carboxylic acids is 1. The number of anilines is 1. The van der Waals surface area contributed by atoms with Gasteiger partial charge in [0.05, 0.1) is 0 Å². The SMILES string of the molecule is NC(=O)C1=COc2cccnc2N1. The average Bonchev–Trinajstić information content (AvgIpc) is 2.17. The number of amides is 1. The van der Waals surface area contributed by atoms with Gasteiger partial charge < -0.3 is 15.8 Å². The molecule has 66 valence electrons. The summed E-state index contributed by atoms with van der Waals surface area (Å²) in [6, 6.07) is 3.48. The van der Waals surface area contributed by atoms with Crippen LogP contribution in [0.15, 0.2) is 30.3 Å². The van der Waals surface area contributed by atoms with E-state index in [2.05, 4.69) is 10.3 Å². The van der Waals surface area contributed by atoms with Gasteiger partial charge >= 0.3 is 0 Å². The zero-order valence-electron chi connectivity index (χ0n) is 6.65.